The second-order valence-corrected chi connectivity index (χ2v) is 5.69. The Hall–Kier alpha value is -2.36. The van der Waals surface area contributed by atoms with Crippen LogP contribution in [0.3, 0.4) is 0 Å². The zero-order valence-corrected chi connectivity index (χ0v) is 13.4. The Labute approximate surface area is 131 Å². The number of aromatic nitrogens is 1. The van der Waals surface area contributed by atoms with Crippen LogP contribution in [0, 0.1) is 6.92 Å². The molecule has 0 atom stereocenters. The number of nitrogens with zero attached hydrogens (tertiary/aromatic N) is 2. The highest BCUT2D eigenvalue weighted by Crippen LogP contribution is 2.12. The average molecular weight is 297 g/mol. The fraction of sp³-hybridized carbons (Fsp3) is 0.333. The van der Waals surface area contributed by atoms with Crippen molar-refractivity contribution in [1.82, 2.24) is 9.99 Å². The number of carbonyl (C=O) groups excluding carboxylic acids is 1. The predicted octanol–water partition coefficient (Wildman–Crippen LogP) is 3.46. The van der Waals surface area contributed by atoms with E-state index in [1.807, 2.05) is 36.5 Å². The van der Waals surface area contributed by atoms with Crippen molar-refractivity contribution in [1.29, 1.82) is 0 Å². The normalized spacial score (nSPS) is 11.3. The Kier molecular flexibility index (Phi) is 5.53. The molecule has 116 valence electrons. The Bertz CT molecular complexity index is 642. The van der Waals surface area contributed by atoms with Crippen molar-refractivity contribution in [2.45, 2.75) is 39.7 Å². The van der Waals surface area contributed by atoms with Crippen LogP contribution in [-0.2, 0) is 11.2 Å². The number of hydrazone groups is 1. The van der Waals surface area contributed by atoms with Gasteiger partial charge in [-0.3, -0.25) is 4.79 Å². The molecule has 1 aromatic carbocycles. The van der Waals surface area contributed by atoms with Crippen molar-refractivity contribution in [3.05, 3.63) is 59.4 Å². The number of amides is 1. The summed E-state index contributed by atoms with van der Waals surface area (Å²) in [7, 11) is 0. The summed E-state index contributed by atoms with van der Waals surface area (Å²) in [6, 6.07) is 12.4. The molecule has 0 aliphatic rings. The third-order valence-electron chi connectivity index (χ3n) is 3.51. The standard InChI is InChI=1S/C18H23N3O/c1-14(2)21-13-17(11-15(21)3)12-19-20-18(22)10-9-16-7-5-4-6-8-16/h4-8,11-14H,9-10H2,1-3H3,(H,20,22)/b19-12+. The minimum Gasteiger partial charge on any atom is -0.349 e. The van der Waals surface area contributed by atoms with Gasteiger partial charge < -0.3 is 4.57 Å². The fourth-order valence-corrected chi connectivity index (χ4v) is 2.38. The highest BCUT2D eigenvalue weighted by atomic mass is 16.2. The molecular formula is C18H23N3O. The van der Waals surface area contributed by atoms with Crippen molar-refractivity contribution < 1.29 is 4.79 Å². The maximum absolute atomic E-state index is 11.8. The van der Waals surface area contributed by atoms with E-state index < -0.39 is 0 Å². The van der Waals surface area contributed by atoms with E-state index >= 15 is 0 Å². The van der Waals surface area contributed by atoms with Gasteiger partial charge in [0.25, 0.3) is 0 Å². The van der Waals surface area contributed by atoms with Gasteiger partial charge in [0.2, 0.25) is 5.91 Å². The van der Waals surface area contributed by atoms with E-state index in [1.165, 1.54) is 5.69 Å². The lowest BCUT2D eigenvalue weighted by Crippen LogP contribution is -2.17. The molecule has 0 bridgehead atoms. The number of hydrogen-bond donors (Lipinski definition) is 1. The second-order valence-electron chi connectivity index (χ2n) is 5.69. The number of aryl methyl sites for hydroxylation is 2. The summed E-state index contributed by atoms with van der Waals surface area (Å²) in [5.74, 6) is -0.0693. The van der Waals surface area contributed by atoms with Crippen LogP contribution in [0.5, 0.6) is 0 Å². The van der Waals surface area contributed by atoms with Crippen LogP contribution in [0.4, 0.5) is 0 Å². The molecule has 1 heterocycles. The minimum absolute atomic E-state index is 0.0693. The molecule has 4 nitrogen and oxygen atoms in total. The van der Waals surface area contributed by atoms with E-state index in [0.717, 1.165) is 17.5 Å². The van der Waals surface area contributed by atoms with Gasteiger partial charge in [0, 0.05) is 29.9 Å². The van der Waals surface area contributed by atoms with E-state index in [0.29, 0.717) is 12.5 Å². The van der Waals surface area contributed by atoms with Gasteiger partial charge in [0.15, 0.2) is 0 Å². The topological polar surface area (TPSA) is 46.4 Å². The first kappa shape index (κ1) is 16.0. The Morgan fingerprint density at radius 3 is 2.68 bits per heavy atom. The summed E-state index contributed by atoms with van der Waals surface area (Å²) in [4.78, 5) is 11.8. The monoisotopic (exact) mass is 297 g/mol. The van der Waals surface area contributed by atoms with Gasteiger partial charge in [-0.2, -0.15) is 5.10 Å². The molecular weight excluding hydrogens is 274 g/mol. The summed E-state index contributed by atoms with van der Waals surface area (Å²) in [5, 5.41) is 4.03. The van der Waals surface area contributed by atoms with Crippen molar-refractivity contribution in [3.63, 3.8) is 0 Å². The lowest BCUT2D eigenvalue weighted by Gasteiger charge is -2.08. The molecule has 0 aliphatic heterocycles. The average Bonchev–Trinajstić information content (AvgIpc) is 2.87. The summed E-state index contributed by atoms with van der Waals surface area (Å²) in [6.45, 7) is 6.34. The van der Waals surface area contributed by atoms with Gasteiger partial charge in [-0.05, 0) is 38.8 Å². The first-order valence-electron chi connectivity index (χ1n) is 7.60. The molecule has 0 saturated heterocycles. The maximum atomic E-state index is 11.8. The largest absolute Gasteiger partial charge is 0.349 e. The van der Waals surface area contributed by atoms with Crippen molar-refractivity contribution in [2.75, 3.05) is 0 Å². The van der Waals surface area contributed by atoms with E-state index in [9.17, 15) is 4.79 Å². The molecule has 2 rings (SSSR count). The van der Waals surface area contributed by atoms with Gasteiger partial charge in [-0.1, -0.05) is 30.3 Å². The zero-order chi connectivity index (χ0) is 15.9. The molecule has 0 saturated carbocycles. The molecule has 1 amide bonds. The van der Waals surface area contributed by atoms with Crippen molar-refractivity contribution in [2.24, 2.45) is 5.10 Å². The van der Waals surface area contributed by atoms with Crippen LogP contribution in [0.1, 0.15) is 43.1 Å². The highest BCUT2D eigenvalue weighted by Gasteiger charge is 2.04. The predicted molar refractivity (Wildman–Crippen MR) is 90.1 cm³/mol. The van der Waals surface area contributed by atoms with Crippen LogP contribution < -0.4 is 5.43 Å². The SMILES string of the molecule is Cc1cc(/C=N/NC(=O)CCc2ccccc2)cn1C(C)C. The summed E-state index contributed by atoms with van der Waals surface area (Å²) >= 11 is 0. The van der Waals surface area contributed by atoms with Gasteiger partial charge in [-0.25, -0.2) is 5.43 Å². The van der Waals surface area contributed by atoms with E-state index in [-0.39, 0.29) is 5.91 Å². The third-order valence-corrected chi connectivity index (χ3v) is 3.51. The van der Waals surface area contributed by atoms with Crippen LogP contribution in [0.25, 0.3) is 0 Å². The first-order chi connectivity index (χ1) is 10.6. The third kappa shape index (κ3) is 4.58. The van der Waals surface area contributed by atoms with E-state index in [1.54, 1.807) is 6.21 Å². The molecule has 1 N–H and O–H groups in total. The number of rotatable bonds is 6. The number of nitrogens with one attached hydrogen (secondary N) is 1. The van der Waals surface area contributed by atoms with Crippen LogP contribution >= 0.6 is 0 Å². The van der Waals surface area contributed by atoms with E-state index in [2.05, 4.69) is 41.9 Å². The van der Waals surface area contributed by atoms with Crippen LogP contribution in [0.2, 0.25) is 0 Å². The Morgan fingerprint density at radius 1 is 1.32 bits per heavy atom. The number of hydrogen-bond acceptors (Lipinski definition) is 2. The molecule has 0 aliphatic carbocycles. The number of carbonyl (C=O) groups is 1. The maximum Gasteiger partial charge on any atom is 0.240 e. The molecule has 4 heteroatoms. The van der Waals surface area contributed by atoms with Crippen LogP contribution in [-0.4, -0.2) is 16.7 Å². The molecule has 0 unspecified atom stereocenters. The fourth-order valence-electron chi connectivity index (χ4n) is 2.38. The van der Waals surface area contributed by atoms with Gasteiger partial charge >= 0.3 is 0 Å². The molecule has 22 heavy (non-hydrogen) atoms. The first-order valence-corrected chi connectivity index (χ1v) is 7.60. The summed E-state index contributed by atoms with van der Waals surface area (Å²) < 4.78 is 2.18. The lowest BCUT2D eigenvalue weighted by atomic mass is 10.1. The van der Waals surface area contributed by atoms with Gasteiger partial charge in [-0.15, -0.1) is 0 Å². The van der Waals surface area contributed by atoms with Crippen molar-refractivity contribution in [3.8, 4) is 0 Å². The van der Waals surface area contributed by atoms with Gasteiger partial charge in [0.05, 0.1) is 6.21 Å². The minimum atomic E-state index is -0.0693. The molecule has 2 aromatic rings. The van der Waals surface area contributed by atoms with E-state index in [4.69, 9.17) is 0 Å². The molecule has 0 fully saturated rings. The molecule has 0 radical (unpaired) electrons. The smallest absolute Gasteiger partial charge is 0.240 e. The lowest BCUT2D eigenvalue weighted by molar-refractivity contribution is -0.121. The highest BCUT2D eigenvalue weighted by molar-refractivity contribution is 5.82. The van der Waals surface area contributed by atoms with Crippen molar-refractivity contribution >= 4 is 12.1 Å². The van der Waals surface area contributed by atoms with Gasteiger partial charge in [0.1, 0.15) is 0 Å². The zero-order valence-electron chi connectivity index (χ0n) is 13.4. The molecule has 0 spiro atoms. The Morgan fingerprint density at radius 2 is 2.05 bits per heavy atom. The van der Waals surface area contributed by atoms with Crippen LogP contribution in [0.15, 0.2) is 47.7 Å². The Balaban J connectivity index is 1.82. The summed E-state index contributed by atoms with van der Waals surface area (Å²) in [6.07, 6.45) is 4.89. The second kappa shape index (κ2) is 7.59. The summed E-state index contributed by atoms with van der Waals surface area (Å²) in [5.41, 5.74) is 5.92. The quantitative estimate of drug-likeness (QED) is 0.644. The molecule has 1 aromatic heterocycles. The number of benzene rings is 1.